The van der Waals surface area contributed by atoms with Gasteiger partial charge in [-0.25, -0.2) is 0 Å². The summed E-state index contributed by atoms with van der Waals surface area (Å²) >= 11 is 0. The monoisotopic (exact) mass is 406 g/mol. The second-order valence-corrected chi connectivity index (χ2v) is 7.45. The van der Waals surface area contributed by atoms with Gasteiger partial charge in [-0.2, -0.15) is 4.98 Å². The van der Waals surface area contributed by atoms with E-state index >= 15 is 0 Å². The number of rotatable bonds is 6. The zero-order chi connectivity index (χ0) is 18.8. The average Bonchev–Trinajstić information content (AvgIpc) is 3.31. The third-order valence-corrected chi connectivity index (χ3v) is 5.60. The van der Waals surface area contributed by atoms with Gasteiger partial charge in [0, 0.05) is 37.2 Å². The van der Waals surface area contributed by atoms with E-state index in [9.17, 15) is 4.79 Å². The Labute approximate surface area is 171 Å². The highest BCUT2D eigenvalue weighted by atomic mass is 35.5. The van der Waals surface area contributed by atoms with Crippen molar-refractivity contribution in [2.75, 3.05) is 7.05 Å². The summed E-state index contributed by atoms with van der Waals surface area (Å²) < 4.78 is 10.7. The second kappa shape index (κ2) is 8.92. The van der Waals surface area contributed by atoms with Crippen molar-refractivity contribution >= 4 is 18.3 Å². The van der Waals surface area contributed by atoms with Crippen LogP contribution in [0.25, 0.3) is 0 Å². The van der Waals surface area contributed by atoms with Crippen LogP contribution in [0.4, 0.5) is 0 Å². The van der Waals surface area contributed by atoms with Crippen molar-refractivity contribution in [3.63, 3.8) is 0 Å². The molecule has 2 aromatic rings. The Morgan fingerprint density at radius 1 is 1.25 bits per heavy atom. The highest BCUT2D eigenvalue weighted by molar-refractivity contribution is 5.94. The fourth-order valence-corrected chi connectivity index (χ4v) is 4.05. The third-order valence-electron chi connectivity index (χ3n) is 5.60. The molecule has 2 fully saturated rings. The molecule has 0 aliphatic carbocycles. The predicted molar refractivity (Wildman–Crippen MR) is 107 cm³/mol. The molecule has 1 N–H and O–H groups in total. The highest BCUT2D eigenvalue weighted by Crippen LogP contribution is 2.30. The maximum absolute atomic E-state index is 12.8. The van der Waals surface area contributed by atoms with Crippen LogP contribution < -0.4 is 10.1 Å². The number of nitrogens with zero attached hydrogens (tertiary/aromatic N) is 3. The Bertz CT molecular complexity index is 783. The van der Waals surface area contributed by atoms with Gasteiger partial charge in [-0.3, -0.25) is 4.79 Å². The number of carbonyl (C=O) groups excluding carboxylic acids is 1. The number of ether oxygens (including phenoxy) is 1. The van der Waals surface area contributed by atoms with E-state index in [2.05, 4.69) is 15.5 Å². The number of hydrogen-bond acceptors (Lipinski definition) is 6. The molecule has 2 unspecified atom stereocenters. The molecule has 0 radical (unpaired) electrons. The zero-order valence-electron chi connectivity index (χ0n) is 16.3. The first kappa shape index (κ1) is 20.6. The number of fused-ring (bicyclic) bond motifs is 2. The van der Waals surface area contributed by atoms with Gasteiger partial charge in [0.1, 0.15) is 5.75 Å². The van der Waals surface area contributed by atoms with Crippen molar-refractivity contribution < 1.29 is 14.1 Å². The Morgan fingerprint density at radius 2 is 1.93 bits per heavy atom. The lowest BCUT2D eigenvalue weighted by Crippen LogP contribution is -2.48. The number of nitrogens with one attached hydrogen (secondary N) is 1. The molecular formula is C20H27ClN4O3. The molecular weight excluding hydrogens is 380 g/mol. The van der Waals surface area contributed by atoms with Gasteiger partial charge < -0.3 is 19.5 Å². The summed E-state index contributed by atoms with van der Waals surface area (Å²) in [5, 5.41) is 7.49. The lowest BCUT2D eigenvalue weighted by molar-refractivity contribution is 0.0681. The minimum absolute atomic E-state index is 0. The van der Waals surface area contributed by atoms with Crippen molar-refractivity contribution in [3.05, 3.63) is 41.5 Å². The summed E-state index contributed by atoms with van der Waals surface area (Å²) in [4.78, 5) is 19.0. The fraction of sp³-hybridized carbons (Fsp3) is 0.550. The molecule has 4 rings (SSSR count). The Balaban J connectivity index is 0.00000225. The molecule has 2 aliphatic rings. The van der Waals surface area contributed by atoms with Crippen molar-refractivity contribution in [1.82, 2.24) is 20.4 Å². The van der Waals surface area contributed by atoms with Crippen molar-refractivity contribution in [2.24, 2.45) is 0 Å². The number of aryl methyl sites for hydroxylation is 1. The number of hydrogen-bond donors (Lipinski definition) is 1. The van der Waals surface area contributed by atoms with Crippen LogP contribution in [0.2, 0.25) is 0 Å². The molecule has 0 spiro atoms. The van der Waals surface area contributed by atoms with Crippen molar-refractivity contribution in [3.8, 4) is 5.75 Å². The number of aromatic nitrogens is 2. The van der Waals surface area contributed by atoms with Gasteiger partial charge in [0.05, 0.1) is 0 Å². The van der Waals surface area contributed by atoms with Gasteiger partial charge in [0.15, 0.2) is 6.61 Å². The maximum Gasteiger partial charge on any atom is 0.253 e. The molecule has 28 heavy (non-hydrogen) atoms. The Kier molecular flexibility index (Phi) is 6.57. The molecule has 1 aromatic heterocycles. The van der Waals surface area contributed by atoms with Crippen molar-refractivity contribution in [1.29, 1.82) is 0 Å². The van der Waals surface area contributed by atoms with Crippen LogP contribution in [0.1, 0.15) is 54.7 Å². The minimum Gasteiger partial charge on any atom is -0.485 e. The summed E-state index contributed by atoms with van der Waals surface area (Å²) in [6.07, 6.45) is 5.26. The molecule has 1 aromatic carbocycles. The Hall–Kier alpha value is -2.12. The van der Waals surface area contributed by atoms with E-state index in [4.69, 9.17) is 9.26 Å². The maximum atomic E-state index is 12.8. The standard InChI is InChI=1S/C20H26N4O3.ClH/c1-3-19-22-18(23-27-19)12-26-17-8-4-13(5-9-17)20(25)24(2)16-10-14-6-7-15(11-16)21-14;/h4-5,8-9,14-16,21H,3,6-7,10-12H2,1-2H3;1H. The van der Waals surface area contributed by atoms with Crippen LogP contribution in [-0.4, -0.2) is 46.1 Å². The summed E-state index contributed by atoms with van der Waals surface area (Å²) in [5.74, 6) is 1.87. The summed E-state index contributed by atoms with van der Waals surface area (Å²) in [5.41, 5.74) is 0.684. The molecule has 1 amide bonds. The number of halogens is 1. The van der Waals surface area contributed by atoms with Crippen LogP contribution in [0.3, 0.4) is 0 Å². The fourth-order valence-electron chi connectivity index (χ4n) is 4.05. The van der Waals surface area contributed by atoms with Gasteiger partial charge in [-0.05, 0) is 49.9 Å². The summed E-state index contributed by atoms with van der Waals surface area (Å²) in [7, 11) is 1.92. The molecule has 7 nitrogen and oxygen atoms in total. The van der Waals surface area contributed by atoms with Crippen molar-refractivity contribution in [2.45, 2.75) is 63.8 Å². The van der Waals surface area contributed by atoms with E-state index in [1.165, 1.54) is 12.8 Å². The van der Waals surface area contributed by atoms with Crippen LogP contribution in [0.5, 0.6) is 5.75 Å². The number of amides is 1. The molecule has 2 atom stereocenters. The Morgan fingerprint density at radius 3 is 2.54 bits per heavy atom. The summed E-state index contributed by atoms with van der Waals surface area (Å²) in [6.45, 7) is 2.20. The van der Waals surface area contributed by atoms with Crippen LogP contribution in [-0.2, 0) is 13.0 Å². The quantitative estimate of drug-likeness (QED) is 0.794. The molecule has 0 saturated carbocycles. The van der Waals surface area contributed by atoms with Crippen LogP contribution in [0.15, 0.2) is 28.8 Å². The van der Waals surface area contributed by atoms with Gasteiger partial charge in [-0.1, -0.05) is 12.1 Å². The van der Waals surface area contributed by atoms with Gasteiger partial charge in [-0.15, -0.1) is 12.4 Å². The second-order valence-electron chi connectivity index (χ2n) is 7.45. The topological polar surface area (TPSA) is 80.5 Å². The molecule has 2 saturated heterocycles. The molecule has 8 heteroatoms. The largest absolute Gasteiger partial charge is 0.485 e. The van der Waals surface area contributed by atoms with Crippen LogP contribution >= 0.6 is 12.4 Å². The minimum atomic E-state index is 0. The van der Waals surface area contributed by atoms with Gasteiger partial charge in [0.25, 0.3) is 5.91 Å². The predicted octanol–water partition coefficient (Wildman–Crippen LogP) is 2.99. The lowest BCUT2D eigenvalue weighted by atomic mass is 9.98. The molecule has 3 heterocycles. The van der Waals surface area contributed by atoms with Gasteiger partial charge in [0.2, 0.25) is 11.7 Å². The lowest BCUT2D eigenvalue weighted by Gasteiger charge is -2.35. The highest BCUT2D eigenvalue weighted by Gasteiger charge is 2.36. The van der Waals surface area contributed by atoms with E-state index in [1.54, 1.807) is 0 Å². The SMILES string of the molecule is CCc1nc(COc2ccc(C(=O)N(C)C3CC4CCC(C3)N4)cc2)no1.Cl. The first-order valence-corrected chi connectivity index (χ1v) is 9.70. The van der Waals surface area contributed by atoms with Crippen LogP contribution in [0, 0.1) is 0 Å². The first-order valence-electron chi connectivity index (χ1n) is 9.70. The average molecular weight is 407 g/mol. The number of carbonyl (C=O) groups is 1. The third kappa shape index (κ3) is 4.47. The normalized spacial score (nSPS) is 23.1. The van der Waals surface area contributed by atoms with E-state index in [0.717, 1.165) is 12.8 Å². The van der Waals surface area contributed by atoms with E-state index in [-0.39, 0.29) is 24.9 Å². The van der Waals surface area contributed by atoms with E-state index in [0.29, 0.717) is 47.6 Å². The van der Waals surface area contributed by atoms with E-state index < -0.39 is 0 Å². The van der Waals surface area contributed by atoms with Gasteiger partial charge >= 0.3 is 0 Å². The molecule has 152 valence electrons. The summed E-state index contributed by atoms with van der Waals surface area (Å²) in [6, 6.07) is 8.71. The molecule has 2 bridgehead atoms. The zero-order valence-corrected chi connectivity index (χ0v) is 17.1. The smallest absolute Gasteiger partial charge is 0.253 e. The molecule has 2 aliphatic heterocycles. The van der Waals surface area contributed by atoms with E-state index in [1.807, 2.05) is 43.1 Å². The first-order chi connectivity index (χ1) is 13.1. The number of piperidine rings is 1. The number of benzene rings is 1.